The molecule has 2 aliphatic rings. The van der Waals surface area contributed by atoms with Gasteiger partial charge < -0.3 is 9.47 Å². The van der Waals surface area contributed by atoms with Crippen molar-refractivity contribution in [2.45, 2.75) is 44.6 Å². The lowest BCUT2D eigenvalue weighted by Gasteiger charge is -2.14. The highest BCUT2D eigenvalue weighted by Gasteiger charge is 2.38. The van der Waals surface area contributed by atoms with Crippen LogP contribution in [-0.2, 0) is 16.1 Å². The lowest BCUT2D eigenvalue weighted by Crippen LogP contribution is -2.33. The van der Waals surface area contributed by atoms with Gasteiger partial charge in [-0.05, 0) is 24.3 Å². The van der Waals surface area contributed by atoms with Crippen LogP contribution in [0.3, 0.4) is 0 Å². The fourth-order valence-corrected chi connectivity index (χ4v) is 3.07. The topological polar surface area (TPSA) is 47.6 Å². The molecule has 0 aromatic heterocycles. The van der Waals surface area contributed by atoms with E-state index in [4.69, 9.17) is 9.47 Å². The van der Waals surface area contributed by atoms with Gasteiger partial charge in [0.1, 0.15) is 6.61 Å². The SMILES string of the molecule is O=C(OCc1ccccc1)OC1CC2CCCC2N1. The minimum atomic E-state index is -0.582. The van der Waals surface area contributed by atoms with E-state index in [0.29, 0.717) is 12.0 Å². The molecule has 4 nitrogen and oxygen atoms in total. The number of nitrogens with one attached hydrogen (secondary N) is 1. The zero-order valence-corrected chi connectivity index (χ0v) is 10.9. The predicted molar refractivity (Wildman–Crippen MR) is 70.4 cm³/mol. The first-order valence-corrected chi connectivity index (χ1v) is 6.94. The fourth-order valence-electron chi connectivity index (χ4n) is 3.07. The Balaban J connectivity index is 1.42. The molecule has 0 spiro atoms. The molecule has 1 aromatic rings. The molecule has 0 radical (unpaired) electrons. The third-order valence-electron chi connectivity index (χ3n) is 4.01. The Kier molecular flexibility index (Phi) is 3.69. The van der Waals surface area contributed by atoms with E-state index < -0.39 is 6.16 Å². The molecule has 3 atom stereocenters. The Morgan fingerprint density at radius 3 is 2.89 bits per heavy atom. The molecule has 19 heavy (non-hydrogen) atoms. The zero-order chi connectivity index (χ0) is 13.1. The van der Waals surface area contributed by atoms with Gasteiger partial charge in [0.25, 0.3) is 0 Å². The summed E-state index contributed by atoms with van der Waals surface area (Å²) in [6.07, 6.45) is 3.90. The van der Waals surface area contributed by atoms with Crippen LogP contribution in [0.2, 0.25) is 0 Å². The summed E-state index contributed by atoms with van der Waals surface area (Å²) in [5.41, 5.74) is 0.968. The number of carbonyl (C=O) groups excluding carboxylic acids is 1. The zero-order valence-electron chi connectivity index (χ0n) is 10.9. The largest absolute Gasteiger partial charge is 0.510 e. The van der Waals surface area contributed by atoms with Gasteiger partial charge in [0.05, 0.1) is 0 Å². The highest BCUT2D eigenvalue weighted by Crippen LogP contribution is 2.34. The molecule has 1 saturated heterocycles. The maximum absolute atomic E-state index is 11.6. The maximum Gasteiger partial charge on any atom is 0.510 e. The summed E-state index contributed by atoms with van der Waals surface area (Å²) in [5.74, 6) is 0.673. The number of hydrogen-bond donors (Lipinski definition) is 1. The molecule has 3 rings (SSSR count). The molecule has 1 heterocycles. The van der Waals surface area contributed by atoms with Crippen molar-refractivity contribution < 1.29 is 14.3 Å². The standard InChI is InChI=1S/C15H19NO3/c17-15(18-10-11-5-2-1-3-6-11)19-14-9-12-7-4-8-13(12)16-14/h1-3,5-6,12-14,16H,4,7-10H2. The highest BCUT2D eigenvalue weighted by atomic mass is 16.7. The van der Waals surface area contributed by atoms with Gasteiger partial charge >= 0.3 is 6.16 Å². The van der Waals surface area contributed by atoms with Gasteiger partial charge in [0, 0.05) is 12.5 Å². The van der Waals surface area contributed by atoms with Crippen LogP contribution >= 0.6 is 0 Å². The van der Waals surface area contributed by atoms with E-state index in [1.807, 2.05) is 30.3 Å². The molecule has 0 bridgehead atoms. The number of ether oxygens (including phenoxy) is 2. The normalized spacial score (nSPS) is 28.9. The van der Waals surface area contributed by atoms with Crippen LogP contribution in [0.1, 0.15) is 31.2 Å². The van der Waals surface area contributed by atoms with Crippen LogP contribution in [-0.4, -0.2) is 18.4 Å². The molecule has 1 aliphatic carbocycles. The van der Waals surface area contributed by atoms with Gasteiger partial charge in [-0.2, -0.15) is 0 Å². The second-order valence-electron chi connectivity index (χ2n) is 5.33. The first-order chi connectivity index (χ1) is 9.31. The van der Waals surface area contributed by atoms with Crippen molar-refractivity contribution in [3.63, 3.8) is 0 Å². The molecule has 1 saturated carbocycles. The van der Waals surface area contributed by atoms with Crippen molar-refractivity contribution in [1.82, 2.24) is 5.32 Å². The van der Waals surface area contributed by atoms with Crippen molar-refractivity contribution in [1.29, 1.82) is 0 Å². The summed E-state index contributed by atoms with van der Waals surface area (Å²) in [5, 5.41) is 3.36. The summed E-state index contributed by atoms with van der Waals surface area (Å²) in [4.78, 5) is 11.6. The van der Waals surface area contributed by atoms with Gasteiger partial charge in [0.15, 0.2) is 6.23 Å². The quantitative estimate of drug-likeness (QED) is 0.850. The Morgan fingerprint density at radius 1 is 1.26 bits per heavy atom. The van der Waals surface area contributed by atoms with Crippen LogP contribution in [0.15, 0.2) is 30.3 Å². The Morgan fingerprint density at radius 2 is 2.11 bits per heavy atom. The van der Waals surface area contributed by atoms with E-state index in [9.17, 15) is 4.79 Å². The lowest BCUT2D eigenvalue weighted by molar-refractivity contribution is 0.0116. The van der Waals surface area contributed by atoms with Crippen molar-refractivity contribution in [3.8, 4) is 0 Å². The average molecular weight is 261 g/mol. The third-order valence-corrected chi connectivity index (χ3v) is 4.01. The summed E-state index contributed by atoms with van der Waals surface area (Å²) in [6, 6.07) is 10.2. The summed E-state index contributed by atoms with van der Waals surface area (Å²) >= 11 is 0. The first kappa shape index (κ1) is 12.5. The second kappa shape index (κ2) is 5.61. The molecular formula is C15H19NO3. The predicted octanol–water partition coefficient (Wildman–Crippen LogP) is 2.83. The van der Waals surface area contributed by atoms with Crippen LogP contribution in [0.4, 0.5) is 4.79 Å². The minimum absolute atomic E-state index is 0.168. The van der Waals surface area contributed by atoms with Gasteiger partial charge in [-0.15, -0.1) is 0 Å². The van der Waals surface area contributed by atoms with Crippen LogP contribution in [0, 0.1) is 5.92 Å². The first-order valence-electron chi connectivity index (χ1n) is 6.94. The van der Waals surface area contributed by atoms with Crippen molar-refractivity contribution in [2.24, 2.45) is 5.92 Å². The van der Waals surface area contributed by atoms with Gasteiger partial charge in [-0.3, -0.25) is 5.32 Å². The van der Waals surface area contributed by atoms with Gasteiger partial charge in [0.2, 0.25) is 0 Å². The van der Waals surface area contributed by atoms with E-state index in [1.165, 1.54) is 19.3 Å². The Labute approximate surface area is 113 Å². The fraction of sp³-hybridized carbons (Fsp3) is 0.533. The number of hydrogen-bond acceptors (Lipinski definition) is 4. The molecule has 3 unspecified atom stereocenters. The number of carbonyl (C=O) groups is 1. The van der Waals surface area contributed by atoms with Crippen molar-refractivity contribution in [2.75, 3.05) is 0 Å². The lowest BCUT2D eigenvalue weighted by atomic mass is 10.0. The minimum Gasteiger partial charge on any atom is -0.429 e. The molecule has 4 heteroatoms. The smallest absolute Gasteiger partial charge is 0.429 e. The van der Waals surface area contributed by atoms with Gasteiger partial charge in [-0.25, -0.2) is 4.79 Å². The number of benzene rings is 1. The van der Waals surface area contributed by atoms with Gasteiger partial charge in [-0.1, -0.05) is 36.8 Å². The molecule has 102 valence electrons. The van der Waals surface area contributed by atoms with Crippen LogP contribution < -0.4 is 5.32 Å². The van der Waals surface area contributed by atoms with Crippen molar-refractivity contribution in [3.05, 3.63) is 35.9 Å². The molecular weight excluding hydrogens is 242 g/mol. The molecule has 1 aromatic carbocycles. The van der Waals surface area contributed by atoms with E-state index in [1.54, 1.807) is 0 Å². The van der Waals surface area contributed by atoms with Crippen LogP contribution in [0.25, 0.3) is 0 Å². The second-order valence-corrected chi connectivity index (χ2v) is 5.33. The number of rotatable bonds is 3. The maximum atomic E-state index is 11.6. The van der Waals surface area contributed by atoms with E-state index >= 15 is 0 Å². The summed E-state index contributed by atoms with van der Waals surface area (Å²) < 4.78 is 10.4. The molecule has 2 fully saturated rings. The molecule has 1 N–H and O–H groups in total. The summed E-state index contributed by atoms with van der Waals surface area (Å²) in [7, 11) is 0. The monoisotopic (exact) mass is 261 g/mol. The average Bonchev–Trinajstić information content (AvgIpc) is 2.98. The third kappa shape index (κ3) is 3.07. The van der Waals surface area contributed by atoms with Crippen molar-refractivity contribution >= 4 is 6.16 Å². The Bertz CT molecular complexity index is 422. The van der Waals surface area contributed by atoms with E-state index in [0.717, 1.165) is 12.0 Å². The van der Waals surface area contributed by atoms with Crippen LogP contribution in [0.5, 0.6) is 0 Å². The Hall–Kier alpha value is -1.55. The molecule has 0 amide bonds. The number of fused-ring (bicyclic) bond motifs is 1. The van der Waals surface area contributed by atoms with E-state index in [2.05, 4.69) is 5.32 Å². The summed E-state index contributed by atoms with van der Waals surface area (Å²) in [6.45, 7) is 0.263. The molecule has 1 aliphatic heterocycles. The highest BCUT2D eigenvalue weighted by molar-refractivity contribution is 5.60. The van der Waals surface area contributed by atoms with E-state index in [-0.39, 0.29) is 12.8 Å².